The molecule has 4 nitrogen and oxygen atoms in total. The average molecular weight is 259 g/mol. The molecule has 1 heterocycles. The van der Waals surface area contributed by atoms with Crippen LogP contribution in [-0.4, -0.2) is 10.9 Å². The zero-order valence-electron chi connectivity index (χ0n) is 10.4. The summed E-state index contributed by atoms with van der Waals surface area (Å²) in [5.41, 5.74) is 6.56. The molecule has 2 rings (SSSR count). The summed E-state index contributed by atoms with van der Waals surface area (Å²) >= 11 is 0. The van der Waals surface area contributed by atoms with Crippen molar-refractivity contribution in [2.24, 2.45) is 0 Å². The predicted octanol–water partition coefficient (Wildman–Crippen LogP) is 2.29. The van der Waals surface area contributed by atoms with E-state index in [1.165, 1.54) is 12.1 Å². The van der Waals surface area contributed by atoms with Crippen LogP contribution in [0.2, 0.25) is 0 Å². The highest BCUT2D eigenvalue weighted by Crippen LogP contribution is 2.15. The Hall–Kier alpha value is -2.43. The van der Waals surface area contributed by atoms with Crippen LogP contribution in [0.15, 0.2) is 42.7 Å². The quantitative estimate of drug-likeness (QED) is 0.831. The Morgan fingerprint density at radius 2 is 2.21 bits per heavy atom. The molecule has 0 bridgehead atoms. The lowest BCUT2D eigenvalue weighted by Crippen LogP contribution is -2.27. The van der Waals surface area contributed by atoms with Gasteiger partial charge in [-0.2, -0.15) is 0 Å². The zero-order valence-corrected chi connectivity index (χ0v) is 10.4. The number of carbonyl (C=O) groups excluding carboxylic acids is 1. The predicted molar refractivity (Wildman–Crippen MR) is 70.9 cm³/mol. The van der Waals surface area contributed by atoms with E-state index in [1.54, 1.807) is 18.5 Å². The van der Waals surface area contributed by atoms with E-state index in [0.29, 0.717) is 0 Å². The molecule has 19 heavy (non-hydrogen) atoms. The van der Waals surface area contributed by atoms with Crippen molar-refractivity contribution in [1.29, 1.82) is 0 Å². The second-order valence-electron chi connectivity index (χ2n) is 4.22. The number of amides is 1. The van der Waals surface area contributed by atoms with Gasteiger partial charge in [0.1, 0.15) is 5.82 Å². The molecule has 0 aliphatic rings. The number of aromatic nitrogens is 1. The first kappa shape index (κ1) is 13.0. The maximum absolute atomic E-state index is 13.6. The SMILES string of the molecule is C[C@H](NC(=O)c1ccc(N)cc1F)c1cccnc1. The van der Waals surface area contributed by atoms with Crippen LogP contribution >= 0.6 is 0 Å². The molecule has 2 aromatic rings. The van der Waals surface area contributed by atoms with Gasteiger partial charge < -0.3 is 11.1 Å². The number of benzene rings is 1. The summed E-state index contributed by atoms with van der Waals surface area (Å²) in [5.74, 6) is -1.11. The van der Waals surface area contributed by atoms with Gasteiger partial charge >= 0.3 is 0 Å². The fraction of sp³-hybridized carbons (Fsp3) is 0.143. The summed E-state index contributed by atoms with van der Waals surface area (Å²) in [6.07, 6.45) is 3.31. The van der Waals surface area contributed by atoms with Gasteiger partial charge in [-0.15, -0.1) is 0 Å². The van der Waals surface area contributed by atoms with Crippen LogP contribution in [0.4, 0.5) is 10.1 Å². The Balaban J connectivity index is 2.13. The molecule has 1 aromatic carbocycles. The van der Waals surface area contributed by atoms with E-state index in [4.69, 9.17) is 5.73 Å². The van der Waals surface area contributed by atoms with Crippen LogP contribution < -0.4 is 11.1 Å². The number of nitrogens with two attached hydrogens (primary N) is 1. The largest absolute Gasteiger partial charge is 0.399 e. The van der Waals surface area contributed by atoms with Crippen molar-refractivity contribution in [3.8, 4) is 0 Å². The molecular weight excluding hydrogens is 245 g/mol. The van der Waals surface area contributed by atoms with Crippen molar-refractivity contribution in [2.45, 2.75) is 13.0 Å². The Morgan fingerprint density at radius 3 is 2.84 bits per heavy atom. The van der Waals surface area contributed by atoms with E-state index in [1.807, 2.05) is 13.0 Å². The molecular formula is C14H14FN3O. The highest BCUT2D eigenvalue weighted by atomic mass is 19.1. The monoisotopic (exact) mass is 259 g/mol. The first-order valence-corrected chi connectivity index (χ1v) is 5.83. The molecule has 1 atom stereocenters. The second-order valence-corrected chi connectivity index (χ2v) is 4.22. The third-order valence-electron chi connectivity index (χ3n) is 2.77. The molecule has 3 N–H and O–H groups in total. The highest BCUT2D eigenvalue weighted by molar-refractivity contribution is 5.95. The average Bonchev–Trinajstić information content (AvgIpc) is 2.39. The van der Waals surface area contributed by atoms with Gasteiger partial charge in [0, 0.05) is 18.1 Å². The Labute approximate surface area is 110 Å². The number of hydrogen-bond donors (Lipinski definition) is 2. The smallest absolute Gasteiger partial charge is 0.254 e. The highest BCUT2D eigenvalue weighted by Gasteiger charge is 2.15. The molecule has 1 aromatic heterocycles. The Bertz CT molecular complexity index is 586. The summed E-state index contributed by atoms with van der Waals surface area (Å²) in [4.78, 5) is 15.9. The van der Waals surface area contributed by atoms with Crippen molar-refractivity contribution in [2.75, 3.05) is 5.73 Å². The molecule has 0 radical (unpaired) electrons. The number of hydrogen-bond acceptors (Lipinski definition) is 3. The minimum atomic E-state index is -0.629. The maximum Gasteiger partial charge on any atom is 0.254 e. The van der Waals surface area contributed by atoms with E-state index in [0.717, 1.165) is 11.6 Å². The van der Waals surface area contributed by atoms with Crippen molar-refractivity contribution < 1.29 is 9.18 Å². The molecule has 0 aliphatic carbocycles. The molecule has 0 saturated heterocycles. The number of rotatable bonds is 3. The van der Waals surface area contributed by atoms with E-state index in [9.17, 15) is 9.18 Å². The summed E-state index contributed by atoms with van der Waals surface area (Å²) in [6, 6.07) is 7.36. The van der Waals surface area contributed by atoms with E-state index in [-0.39, 0.29) is 17.3 Å². The Kier molecular flexibility index (Phi) is 3.75. The summed E-state index contributed by atoms with van der Waals surface area (Å²) in [5, 5.41) is 2.71. The summed E-state index contributed by atoms with van der Waals surface area (Å²) in [6.45, 7) is 1.81. The van der Waals surface area contributed by atoms with Crippen molar-refractivity contribution in [3.63, 3.8) is 0 Å². The summed E-state index contributed by atoms with van der Waals surface area (Å²) < 4.78 is 13.6. The van der Waals surface area contributed by atoms with Gasteiger partial charge in [-0.1, -0.05) is 6.07 Å². The van der Waals surface area contributed by atoms with Crippen molar-refractivity contribution >= 4 is 11.6 Å². The lowest BCUT2D eigenvalue weighted by atomic mass is 10.1. The topological polar surface area (TPSA) is 68.0 Å². The third kappa shape index (κ3) is 3.07. The van der Waals surface area contributed by atoms with Gasteiger partial charge in [-0.25, -0.2) is 4.39 Å². The van der Waals surface area contributed by atoms with Crippen molar-refractivity contribution in [3.05, 3.63) is 59.7 Å². The number of nitrogen functional groups attached to an aromatic ring is 1. The molecule has 1 amide bonds. The number of halogens is 1. The standard InChI is InChI=1S/C14H14FN3O/c1-9(10-3-2-6-17-8-10)18-14(19)12-5-4-11(16)7-13(12)15/h2-9H,16H2,1H3,(H,18,19)/t9-/m0/s1. The molecule has 5 heteroatoms. The molecule has 98 valence electrons. The number of anilines is 1. The van der Waals surface area contributed by atoms with Gasteiger partial charge in [0.2, 0.25) is 0 Å². The van der Waals surface area contributed by atoms with Crippen molar-refractivity contribution in [1.82, 2.24) is 10.3 Å². The lowest BCUT2D eigenvalue weighted by molar-refractivity contribution is 0.0936. The second kappa shape index (κ2) is 5.48. The minimum absolute atomic E-state index is 0.0232. The number of nitrogens with zero attached hydrogens (tertiary/aromatic N) is 1. The molecule has 0 saturated carbocycles. The lowest BCUT2D eigenvalue weighted by Gasteiger charge is -2.14. The van der Waals surface area contributed by atoms with Gasteiger partial charge in [0.25, 0.3) is 5.91 Å². The summed E-state index contributed by atoms with van der Waals surface area (Å²) in [7, 11) is 0. The maximum atomic E-state index is 13.6. The third-order valence-corrected chi connectivity index (χ3v) is 2.77. The molecule has 0 unspecified atom stereocenters. The van der Waals surface area contributed by atoms with E-state index < -0.39 is 11.7 Å². The molecule has 0 spiro atoms. The zero-order chi connectivity index (χ0) is 13.8. The fourth-order valence-electron chi connectivity index (χ4n) is 1.71. The van der Waals surface area contributed by atoms with Crippen LogP contribution in [0.25, 0.3) is 0 Å². The van der Waals surface area contributed by atoms with Gasteiger partial charge in [-0.05, 0) is 36.8 Å². The number of carbonyl (C=O) groups is 1. The van der Waals surface area contributed by atoms with Gasteiger partial charge in [0.05, 0.1) is 11.6 Å². The Morgan fingerprint density at radius 1 is 1.42 bits per heavy atom. The van der Waals surface area contributed by atoms with Gasteiger partial charge in [0.15, 0.2) is 0 Å². The fourth-order valence-corrected chi connectivity index (χ4v) is 1.71. The van der Waals surface area contributed by atoms with Crippen LogP contribution in [0.5, 0.6) is 0 Å². The van der Waals surface area contributed by atoms with Crippen LogP contribution in [0, 0.1) is 5.82 Å². The first-order chi connectivity index (χ1) is 9.08. The van der Waals surface area contributed by atoms with Crippen LogP contribution in [0.1, 0.15) is 28.9 Å². The van der Waals surface area contributed by atoms with E-state index >= 15 is 0 Å². The van der Waals surface area contributed by atoms with Gasteiger partial charge in [-0.3, -0.25) is 9.78 Å². The molecule has 0 aliphatic heterocycles. The van der Waals surface area contributed by atoms with Crippen LogP contribution in [0.3, 0.4) is 0 Å². The first-order valence-electron chi connectivity index (χ1n) is 5.83. The molecule has 0 fully saturated rings. The number of nitrogens with one attached hydrogen (secondary N) is 1. The minimum Gasteiger partial charge on any atom is -0.399 e. The number of pyridine rings is 1. The van der Waals surface area contributed by atoms with Crippen LogP contribution in [-0.2, 0) is 0 Å². The normalized spacial score (nSPS) is 11.9. The van der Waals surface area contributed by atoms with E-state index in [2.05, 4.69) is 10.3 Å².